The Morgan fingerprint density at radius 2 is 1.71 bits per heavy atom. The Hall–Kier alpha value is -1.74. The van der Waals surface area contributed by atoms with Gasteiger partial charge in [-0.3, -0.25) is 0 Å². The summed E-state index contributed by atoms with van der Waals surface area (Å²) in [6.45, 7) is 5.51. The zero-order valence-electron chi connectivity index (χ0n) is 13.8. The van der Waals surface area contributed by atoms with Gasteiger partial charge in [-0.1, -0.05) is 0 Å². The third kappa shape index (κ3) is 4.21. The molecule has 0 unspecified atom stereocenters. The Bertz CT molecular complexity index is 723. The average molecular weight is 362 g/mol. The molecule has 1 fully saturated rings. The second-order valence-electron chi connectivity index (χ2n) is 6.45. The van der Waals surface area contributed by atoms with Crippen molar-refractivity contribution in [2.45, 2.75) is 31.3 Å². The van der Waals surface area contributed by atoms with Gasteiger partial charge in [-0.15, -0.1) is 0 Å². The molecule has 0 radical (unpaired) electrons. The van der Waals surface area contributed by atoms with Crippen LogP contribution in [0.5, 0.6) is 0 Å². The van der Waals surface area contributed by atoms with Gasteiger partial charge in [0.15, 0.2) is 0 Å². The predicted octanol–water partition coefficient (Wildman–Crippen LogP) is 2.21. The fraction of sp³-hybridized carbons (Fsp3) is 0.533. The molecule has 1 amide bonds. The maximum Gasteiger partial charge on any atom is 0.410 e. The van der Waals surface area contributed by atoms with Gasteiger partial charge in [0.25, 0.3) is 0 Å². The summed E-state index contributed by atoms with van der Waals surface area (Å²) < 4.78 is 57.9. The lowest BCUT2D eigenvalue weighted by Gasteiger charge is -2.35. The van der Waals surface area contributed by atoms with Crippen LogP contribution in [-0.2, 0) is 14.8 Å². The van der Waals surface area contributed by atoms with E-state index in [1.807, 2.05) is 0 Å². The highest BCUT2D eigenvalue weighted by Gasteiger charge is 2.33. The summed E-state index contributed by atoms with van der Waals surface area (Å²) in [4.78, 5) is 12.8. The summed E-state index contributed by atoms with van der Waals surface area (Å²) in [5, 5.41) is 0. The van der Waals surface area contributed by atoms with E-state index in [-0.39, 0.29) is 26.2 Å². The average Bonchev–Trinajstić information content (AvgIpc) is 2.45. The van der Waals surface area contributed by atoms with E-state index in [4.69, 9.17) is 4.74 Å². The number of nitrogens with zero attached hydrogens (tertiary/aromatic N) is 2. The van der Waals surface area contributed by atoms with E-state index in [2.05, 4.69) is 0 Å². The normalized spacial score (nSPS) is 17.0. The molecule has 1 heterocycles. The standard InChI is InChI=1S/C15H20F2N2O4S/c1-15(2,3)23-14(20)18-6-8-19(9-7-18)24(21,22)13-5-4-11(16)10-12(13)17/h4-5,10H,6-9H2,1-3H3. The van der Waals surface area contributed by atoms with Crippen LogP contribution in [0.15, 0.2) is 23.1 Å². The smallest absolute Gasteiger partial charge is 0.410 e. The molecule has 1 saturated heterocycles. The molecule has 0 aromatic heterocycles. The van der Waals surface area contributed by atoms with Crippen LogP contribution >= 0.6 is 0 Å². The maximum atomic E-state index is 13.8. The van der Waals surface area contributed by atoms with E-state index in [1.54, 1.807) is 20.8 Å². The Labute approximate surface area is 140 Å². The van der Waals surface area contributed by atoms with Crippen molar-refractivity contribution >= 4 is 16.1 Å². The second-order valence-corrected chi connectivity index (χ2v) is 8.35. The quantitative estimate of drug-likeness (QED) is 0.809. The Kier molecular flexibility index (Phi) is 5.14. The van der Waals surface area contributed by atoms with Crippen molar-refractivity contribution in [3.05, 3.63) is 29.8 Å². The van der Waals surface area contributed by atoms with Gasteiger partial charge in [0.1, 0.15) is 22.1 Å². The first kappa shape index (κ1) is 18.6. The summed E-state index contributed by atoms with van der Waals surface area (Å²) in [6.07, 6.45) is -0.521. The molecule has 0 spiro atoms. The van der Waals surface area contributed by atoms with Crippen LogP contribution in [0.1, 0.15) is 20.8 Å². The minimum Gasteiger partial charge on any atom is -0.444 e. The highest BCUT2D eigenvalue weighted by atomic mass is 32.2. The number of sulfonamides is 1. The molecule has 0 saturated carbocycles. The first-order valence-electron chi connectivity index (χ1n) is 7.44. The van der Waals surface area contributed by atoms with E-state index in [0.29, 0.717) is 6.07 Å². The third-order valence-electron chi connectivity index (χ3n) is 3.40. The first-order chi connectivity index (χ1) is 11.0. The van der Waals surface area contributed by atoms with Crippen LogP contribution in [0, 0.1) is 11.6 Å². The molecule has 0 bridgehead atoms. The van der Waals surface area contributed by atoms with Gasteiger partial charge >= 0.3 is 6.09 Å². The van der Waals surface area contributed by atoms with Crippen LogP contribution in [0.3, 0.4) is 0 Å². The van der Waals surface area contributed by atoms with Crippen LogP contribution < -0.4 is 0 Å². The van der Waals surface area contributed by atoms with E-state index in [0.717, 1.165) is 16.4 Å². The van der Waals surface area contributed by atoms with Gasteiger partial charge < -0.3 is 9.64 Å². The predicted molar refractivity (Wildman–Crippen MR) is 82.9 cm³/mol. The Morgan fingerprint density at radius 1 is 1.12 bits per heavy atom. The van der Waals surface area contributed by atoms with Crippen LogP contribution in [0.25, 0.3) is 0 Å². The van der Waals surface area contributed by atoms with Crippen molar-refractivity contribution in [3.8, 4) is 0 Å². The number of amides is 1. The van der Waals surface area contributed by atoms with E-state index in [1.165, 1.54) is 4.90 Å². The van der Waals surface area contributed by atoms with E-state index in [9.17, 15) is 22.0 Å². The molecule has 9 heteroatoms. The zero-order valence-corrected chi connectivity index (χ0v) is 14.6. The number of ether oxygens (including phenoxy) is 1. The Balaban J connectivity index is 2.07. The Morgan fingerprint density at radius 3 is 2.21 bits per heavy atom. The third-order valence-corrected chi connectivity index (χ3v) is 5.33. The number of halogens is 2. The number of carbonyl (C=O) groups excluding carboxylic acids is 1. The summed E-state index contributed by atoms with van der Waals surface area (Å²) in [7, 11) is -4.08. The van der Waals surface area contributed by atoms with Gasteiger partial charge in [-0.25, -0.2) is 22.0 Å². The molecule has 24 heavy (non-hydrogen) atoms. The molecule has 0 aliphatic carbocycles. The molecule has 1 aliphatic rings. The van der Waals surface area contributed by atoms with E-state index < -0.39 is 38.2 Å². The van der Waals surface area contributed by atoms with Crippen molar-refractivity contribution in [2.24, 2.45) is 0 Å². The van der Waals surface area contributed by atoms with Crippen LogP contribution in [-0.4, -0.2) is 55.5 Å². The monoisotopic (exact) mass is 362 g/mol. The van der Waals surface area contributed by atoms with Gasteiger partial charge in [0.05, 0.1) is 0 Å². The fourth-order valence-electron chi connectivity index (χ4n) is 2.26. The SMILES string of the molecule is CC(C)(C)OC(=O)N1CCN(S(=O)(=O)c2ccc(F)cc2F)CC1. The van der Waals surface area contributed by atoms with Gasteiger partial charge in [-0.2, -0.15) is 4.31 Å². The summed E-state index contributed by atoms with van der Waals surface area (Å²) >= 11 is 0. The summed E-state index contributed by atoms with van der Waals surface area (Å²) in [6, 6.07) is 2.33. The second kappa shape index (κ2) is 6.64. The first-order valence-corrected chi connectivity index (χ1v) is 8.88. The fourth-order valence-corrected chi connectivity index (χ4v) is 3.73. The lowest BCUT2D eigenvalue weighted by atomic mass is 10.2. The molecular formula is C15H20F2N2O4S. The highest BCUT2D eigenvalue weighted by molar-refractivity contribution is 7.89. The van der Waals surface area contributed by atoms with Crippen molar-refractivity contribution in [2.75, 3.05) is 26.2 Å². The van der Waals surface area contributed by atoms with Crippen molar-refractivity contribution in [1.82, 2.24) is 9.21 Å². The minimum atomic E-state index is -4.08. The topological polar surface area (TPSA) is 66.9 Å². The highest BCUT2D eigenvalue weighted by Crippen LogP contribution is 2.22. The molecule has 134 valence electrons. The molecule has 0 N–H and O–H groups in total. The largest absolute Gasteiger partial charge is 0.444 e. The summed E-state index contributed by atoms with van der Waals surface area (Å²) in [5.41, 5.74) is -0.641. The zero-order chi connectivity index (χ0) is 18.1. The molecule has 1 aliphatic heterocycles. The minimum absolute atomic E-state index is 0.0123. The number of hydrogen-bond acceptors (Lipinski definition) is 4. The van der Waals surface area contributed by atoms with Gasteiger partial charge in [-0.05, 0) is 32.9 Å². The van der Waals surface area contributed by atoms with Crippen molar-refractivity contribution in [1.29, 1.82) is 0 Å². The molecule has 2 rings (SSSR count). The molecule has 1 aromatic rings. The lowest BCUT2D eigenvalue weighted by molar-refractivity contribution is 0.0192. The lowest BCUT2D eigenvalue weighted by Crippen LogP contribution is -2.51. The van der Waals surface area contributed by atoms with Gasteiger partial charge in [0.2, 0.25) is 10.0 Å². The number of rotatable bonds is 2. The van der Waals surface area contributed by atoms with E-state index >= 15 is 0 Å². The number of benzene rings is 1. The van der Waals surface area contributed by atoms with Crippen molar-refractivity contribution < 1.29 is 26.7 Å². The van der Waals surface area contributed by atoms with Crippen LogP contribution in [0.2, 0.25) is 0 Å². The molecule has 1 aromatic carbocycles. The molecular weight excluding hydrogens is 342 g/mol. The van der Waals surface area contributed by atoms with Crippen molar-refractivity contribution in [3.63, 3.8) is 0 Å². The maximum absolute atomic E-state index is 13.8. The van der Waals surface area contributed by atoms with Gasteiger partial charge in [0, 0.05) is 32.2 Å². The van der Waals surface area contributed by atoms with Crippen LogP contribution in [0.4, 0.5) is 13.6 Å². The summed E-state index contributed by atoms with van der Waals surface area (Å²) in [5.74, 6) is -1.98. The molecule has 0 atom stereocenters. The number of piperazine rings is 1. The number of carbonyl (C=O) groups is 1. The number of hydrogen-bond donors (Lipinski definition) is 0. The molecule has 6 nitrogen and oxygen atoms in total.